The summed E-state index contributed by atoms with van der Waals surface area (Å²) in [6.45, 7) is 15.6. The van der Waals surface area contributed by atoms with E-state index in [1.165, 1.54) is 0 Å². The fourth-order valence-corrected chi connectivity index (χ4v) is 2.90. The summed E-state index contributed by atoms with van der Waals surface area (Å²) < 4.78 is 0. The molecule has 0 unspecified atom stereocenters. The van der Waals surface area contributed by atoms with Crippen molar-refractivity contribution in [2.45, 2.75) is 53.4 Å². The number of hydrogen-bond acceptors (Lipinski definition) is 8. The Morgan fingerprint density at radius 3 is 1.35 bits per heavy atom. The van der Waals surface area contributed by atoms with Crippen molar-refractivity contribution >= 4 is 11.9 Å². The van der Waals surface area contributed by atoms with Crippen LogP contribution >= 0.6 is 0 Å². The molecule has 0 spiro atoms. The molecular formula is C18H28N8. The second-order valence-electron chi connectivity index (χ2n) is 7.37. The van der Waals surface area contributed by atoms with E-state index in [1.807, 2.05) is 13.8 Å². The molecule has 0 amide bonds. The summed E-state index contributed by atoms with van der Waals surface area (Å²) in [7, 11) is 0. The minimum atomic E-state index is 0.284. The summed E-state index contributed by atoms with van der Waals surface area (Å²) in [4.78, 5) is 31.7. The van der Waals surface area contributed by atoms with Crippen LogP contribution in [0.15, 0.2) is 0 Å². The maximum Gasteiger partial charge on any atom is 0.228 e. The Labute approximate surface area is 155 Å². The Balaban J connectivity index is 1.77. The molecule has 1 aliphatic heterocycles. The highest BCUT2D eigenvalue weighted by atomic mass is 15.4. The van der Waals surface area contributed by atoms with Crippen LogP contribution in [0, 0.1) is 13.8 Å². The lowest BCUT2D eigenvalue weighted by Crippen LogP contribution is -2.48. The Morgan fingerprint density at radius 2 is 0.962 bits per heavy atom. The highest BCUT2D eigenvalue weighted by Gasteiger charge is 2.23. The van der Waals surface area contributed by atoms with Gasteiger partial charge in [0.05, 0.1) is 0 Å². The molecule has 8 nitrogen and oxygen atoms in total. The fourth-order valence-electron chi connectivity index (χ4n) is 2.90. The van der Waals surface area contributed by atoms with Crippen LogP contribution in [0.3, 0.4) is 0 Å². The molecule has 1 aliphatic rings. The summed E-state index contributed by atoms with van der Waals surface area (Å²) in [6, 6.07) is 0. The number of piperazine rings is 1. The number of rotatable bonds is 4. The minimum Gasteiger partial charge on any atom is -0.337 e. The lowest BCUT2D eigenvalue weighted by molar-refractivity contribution is 0.608. The van der Waals surface area contributed by atoms with Crippen LogP contribution in [0.1, 0.15) is 62.8 Å². The largest absolute Gasteiger partial charge is 0.337 e. The average Bonchev–Trinajstić information content (AvgIpc) is 2.60. The first-order valence-electron chi connectivity index (χ1n) is 9.28. The van der Waals surface area contributed by atoms with Crippen molar-refractivity contribution in [2.24, 2.45) is 0 Å². The first-order valence-corrected chi connectivity index (χ1v) is 9.28. The zero-order valence-corrected chi connectivity index (χ0v) is 16.6. The molecule has 3 heterocycles. The first-order chi connectivity index (χ1) is 12.3. The van der Waals surface area contributed by atoms with Gasteiger partial charge in [-0.15, -0.1) is 0 Å². The molecule has 1 saturated heterocycles. The van der Waals surface area contributed by atoms with Gasteiger partial charge in [0.25, 0.3) is 0 Å². The topological polar surface area (TPSA) is 83.8 Å². The maximum atomic E-state index is 4.71. The van der Waals surface area contributed by atoms with Crippen LogP contribution in [-0.4, -0.2) is 56.1 Å². The van der Waals surface area contributed by atoms with Gasteiger partial charge in [0.15, 0.2) is 0 Å². The molecule has 0 saturated carbocycles. The van der Waals surface area contributed by atoms with Gasteiger partial charge in [0, 0.05) is 38.0 Å². The molecule has 0 N–H and O–H groups in total. The Bertz CT molecular complexity index is 719. The second-order valence-corrected chi connectivity index (χ2v) is 7.37. The monoisotopic (exact) mass is 356 g/mol. The molecule has 8 heteroatoms. The van der Waals surface area contributed by atoms with Crippen LogP contribution in [0.4, 0.5) is 11.9 Å². The molecular weight excluding hydrogens is 328 g/mol. The van der Waals surface area contributed by atoms with Crippen molar-refractivity contribution in [2.75, 3.05) is 36.0 Å². The summed E-state index contributed by atoms with van der Waals surface area (Å²) >= 11 is 0. The maximum absolute atomic E-state index is 4.71. The summed E-state index contributed by atoms with van der Waals surface area (Å²) in [5.41, 5.74) is 0. The van der Waals surface area contributed by atoms with Crippen LogP contribution in [0.5, 0.6) is 0 Å². The number of hydrogen-bond donors (Lipinski definition) is 0. The molecule has 140 valence electrons. The third-order valence-electron chi connectivity index (χ3n) is 4.38. The smallest absolute Gasteiger partial charge is 0.228 e. The van der Waals surface area contributed by atoms with Gasteiger partial charge in [-0.25, -0.2) is 9.97 Å². The van der Waals surface area contributed by atoms with Crippen molar-refractivity contribution in [3.63, 3.8) is 0 Å². The van der Waals surface area contributed by atoms with Gasteiger partial charge in [0.1, 0.15) is 23.3 Å². The Hall–Kier alpha value is -2.38. The van der Waals surface area contributed by atoms with Crippen molar-refractivity contribution < 1.29 is 0 Å². The van der Waals surface area contributed by atoms with Gasteiger partial charge in [-0.1, -0.05) is 27.7 Å². The standard InChI is InChI=1S/C18H28N8/c1-11(2)15-22-16(12(3)4)24-18(23-15)26-9-7-25(8-10-26)17-20-13(5)19-14(6)21-17/h11-12H,7-10H2,1-6H3. The second kappa shape index (κ2) is 7.47. The van der Waals surface area contributed by atoms with E-state index in [0.29, 0.717) is 0 Å². The Kier molecular flexibility index (Phi) is 5.29. The van der Waals surface area contributed by atoms with E-state index < -0.39 is 0 Å². The summed E-state index contributed by atoms with van der Waals surface area (Å²) in [6.07, 6.45) is 0. The van der Waals surface area contributed by atoms with E-state index >= 15 is 0 Å². The first kappa shape index (κ1) is 18.4. The molecule has 2 aromatic rings. The number of anilines is 2. The van der Waals surface area contributed by atoms with E-state index in [-0.39, 0.29) is 11.8 Å². The highest BCUT2D eigenvalue weighted by Crippen LogP contribution is 2.20. The van der Waals surface area contributed by atoms with E-state index in [4.69, 9.17) is 9.97 Å². The molecule has 0 aromatic carbocycles. The van der Waals surface area contributed by atoms with E-state index in [9.17, 15) is 0 Å². The lowest BCUT2D eigenvalue weighted by Gasteiger charge is -2.35. The van der Waals surface area contributed by atoms with Crippen LogP contribution in [0.2, 0.25) is 0 Å². The van der Waals surface area contributed by atoms with E-state index in [0.717, 1.165) is 61.4 Å². The third-order valence-corrected chi connectivity index (χ3v) is 4.38. The van der Waals surface area contributed by atoms with Crippen molar-refractivity contribution in [1.29, 1.82) is 0 Å². The molecule has 0 aliphatic carbocycles. The molecule has 0 bridgehead atoms. The van der Waals surface area contributed by atoms with Gasteiger partial charge in [0.2, 0.25) is 11.9 Å². The SMILES string of the molecule is Cc1nc(C)nc(N2CCN(c3nc(C(C)C)nc(C(C)C)n3)CC2)n1. The fraction of sp³-hybridized carbons (Fsp3) is 0.667. The summed E-state index contributed by atoms with van der Waals surface area (Å²) in [5.74, 6) is 5.37. The van der Waals surface area contributed by atoms with Gasteiger partial charge < -0.3 is 9.80 Å². The molecule has 26 heavy (non-hydrogen) atoms. The van der Waals surface area contributed by atoms with Gasteiger partial charge in [-0.3, -0.25) is 0 Å². The van der Waals surface area contributed by atoms with E-state index in [1.54, 1.807) is 0 Å². The van der Waals surface area contributed by atoms with Gasteiger partial charge in [-0.05, 0) is 13.8 Å². The molecule has 3 rings (SSSR count). The Morgan fingerprint density at radius 1 is 0.577 bits per heavy atom. The van der Waals surface area contributed by atoms with E-state index in [2.05, 4.69) is 57.4 Å². The van der Waals surface area contributed by atoms with Crippen LogP contribution in [-0.2, 0) is 0 Å². The van der Waals surface area contributed by atoms with Crippen LogP contribution < -0.4 is 9.80 Å². The van der Waals surface area contributed by atoms with Gasteiger partial charge in [-0.2, -0.15) is 19.9 Å². The minimum absolute atomic E-state index is 0.284. The normalized spacial score (nSPS) is 15.2. The number of aryl methyl sites for hydroxylation is 2. The van der Waals surface area contributed by atoms with Gasteiger partial charge >= 0.3 is 0 Å². The highest BCUT2D eigenvalue weighted by molar-refractivity contribution is 5.38. The predicted molar refractivity (Wildman–Crippen MR) is 102 cm³/mol. The summed E-state index contributed by atoms with van der Waals surface area (Å²) in [5, 5.41) is 0. The van der Waals surface area contributed by atoms with Crippen molar-refractivity contribution in [3.05, 3.63) is 23.3 Å². The third kappa shape index (κ3) is 4.05. The van der Waals surface area contributed by atoms with Crippen LogP contribution in [0.25, 0.3) is 0 Å². The number of nitrogens with zero attached hydrogens (tertiary/aromatic N) is 8. The number of aromatic nitrogens is 6. The quantitative estimate of drug-likeness (QED) is 0.825. The zero-order valence-electron chi connectivity index (χ0n) is 16.6. The predicted octanol–water partition coefficient (Wildman–Crippen LogP) is 2.25. The molecule has 1 fully saturated rings. The molecule has 0 radical (unpaired) electrons. The average molecular weight is 356 g/mol. The van der Waals surface area contributed by atoms with Crippen molar-refractivity contribution in [1.82, 2.24) is 29.9 Å². The zero-order chi connectivity index (χ0) is 18.8. The van der Waals surface area contributed by atoms with Crippen molar-refractivity contribution in [3.8, 4) is 0 Å². The lowest BCUT2D eigenvalue weighted by atomic mass is 10.2. The molecule has 0 atom stereocenters. The molecule has 2 aromatic heterocycles.